The molecule has 0 aliphatic rings. The van der Waals surface area contributed by atoms with Gasteiger partial charge in [0, 0.05) is 13.1 Å². The van der Waals surface area contributed by atoms with E-state index in [2.05, 4.69) is 36.2 Å². The van der Waals surface area contributed by atoms with Gasteiger partial charge in [-0.15, -0.1) is 0 Å². The monoisotopic (exact) mass is 221 g/mol. The maximum absolute atomic E-state index is 5.56. The molecule has 0 heterocycles. The first-order chi connectivity index (χ1) is 7.76. The Morgan fingerprint density at radius 1 is 1.00 bits per heavy atom. The fourth-order valence-corrected chi connectivity index (χ4v) is 1.70. The molecular formula is C13H23N3. The van der Waals surface area contributed by atoms with Gasteiger partial charge in [0.1, 0.15) is 0 Å². The lowest BCUT2D eigenvalue weighted by molar-refractivity contribution is 0.319. The molecule has 1 rings (SSSR count). The van der Waals surface area contributed by atoms with Crippen molar-refractivity contribution in [2.24, 2.45) is 11.5 Å². The van der Waals surface area contributed by atoms with E-state index >= 15 is 0 Å². The minimum absolute atomic E-state index is 0.618. The van der Waals surface area contributed by atoms with Gasteiger partial charge in [-0.1, -0.05) is 24.3 Å². The van der Waals surface area contributed by atoms with Crippen molar-refractivity contribution < 1.29 is 0 Å². The number of hydrogen-bond donors (Lipinski definition) is 2. The van der Waals surface area contributed by atoms with E-state index < -0.39 is 0 Å². The van der Waals surface area contributed by atoms with Gasteiger partial charge in [-0.05, 0) is 44.1 Å². The SMILES string of the molecule is CN(CCCCN)Cc1ccc(CN)cc1. The van der Waals surface area contributed by atoms with Gasteiger partial charge in [-0.25, -0.2) is 0 Å². The maximum atomic E-state index is 5.56. The molecule has 0 spiro atoms. The summed E-state index contributed by atoms with van der Waals surface area (Å²) in [6, 6.07) is 8.51. The first-order valence-corrected chi connectivity index (χ1v) is 5.92. The third kappa shape index (κ3) is 4.75. The second kappa shape index (κ2) is 7.39. The summed E-state index contributed by atoms with van der Waals surface area (Å²) in [5, 5.41) is 0. The molecule has 0 amide bonds. The van der Waals surface area contributed by atoms with Gasteiger partial charge >= 0.3 is 0 Å². The van der Waals surface area contributed by atoms with Crippen LogP contribution in [0.3, 0.4) is 0 Å². The van der Waals surface area contributed by atoms with Crippen molar-refractivity contribution in [3.05, 3.63) is 35.4 Å². The molecule has 1 aromatic carbocycles. The van der Waals surface area contributed by atoms with Crippen LogP contribution in [0.1, 0.15) is 24.0 Å². The lowest BCUT2D eigenvalue weighted by Gasteiger charge is -2.16. The molecule has 0 aliphatic carbocycles. The number of nitrogens with two attached hydrogens (primary N) is 2. The van der Waals surface area contributed by atoms with Gasteiger partial charge in [0.25, 0.3) is 0 Å². The van der Waals surface area contributed by atoms with E-state index in [-0.39, 0.29) is 0 Å². The maximum Gasteiger partial charge on any atom is 0.0230 e. The molecule has 16 heavy (non-hydrogen) atoms. The molecule has 0 unspecified atom stereocenters. The molecule has 0 aliphatic heterocycles. The molecule has 0 saturated heterocycles. The van der Waals surface area contributed by atoms with Crippen LogP contribution in [0.2, 0.25) is 0 Å². The second-order valence-corrected chi connectivity index (χ2v) is 4.25. The molecule has 3 nitrogen and oxygen atoms in total. The Labute approximate surface area is 98.4 Å². The van der Waals surface area contributed by atoms with Crippen LogP contribution in [0.5, 0.6) is 0 Å². The molecular weight excluding hydrogens is 198 g/mol. The molecule has 0 aromatic heterocycles. The van der Waals surface area contributed by atoms with Crippen molar-refractivity contribution in [2.45, 2.75) is 25.9 Å². The Morgan fingerprint density at radius 2 is 1.62 bits per heavy atom. The molecule has 1 aromatic rings. The van der Waals surface area contributed by atoms with E-state index in [1.165, 1.54) is 17.5 Å². The Kier molecular flexibility index (Phi) is 6.08. The highest BCUT2D eigenvalue weighted by Crippen LogP contribution is 2.06. The zero-order valence-electron chi connectivity index (χ0n) is 10.2. The van der Waals surface area contributed by atoms with Gasteiger partial charge in [-0.2, -0.15) is 0 Å². The van der Waals surface area contributed by atoms with E-state index in [1.54, 1.807) is 0 Å². The Hall–Kier alpha value is -0.900. The minimum Gasteiger partial charge on any atom is -0.330 e. The Bertz CT molecular complexity index is 282. The van der Waals surface area contributed by atoms with Crippen molar-refractivity contribution in [1.29, 1.82) is 0 Å². The van der Waals surface area contributed by atoms with E-state index in [0.717, 1.165) is 26.1 Å². The third-order valence-electron chi connectivity index (χ3n) is 2.71. The summed E-state index contributed by atoms with van der Waals surface area (Å²) in [5.41, 5.74) is 13.6. The van der Waals surface area contributed by atoms with Gasteiger partial charge in [0.2, 0.25) is 0 Å². The van der Waals surface area contributed by atoms with Crippen LogP contribution >= 0.6 is 0 Å². The summed E-state index contributed by atoms with van der Waals surface area (Å²) in [6.07, 6.45) is 2.28. The summed E-state index contributed by atoms with van der Waals surface area (Å²) in [6.45, 7) is 3.51. The number of nitrogens with zero attached hydrogens (tertiary/aromatic N) is 1. The minimum atomic E-state index is 0.618. The summed E-state index contributed by atoms with van der Waals surface area (Å²) in [5.74, 6) is 0. The predicted molar refractivity (Wildman–Crippen MR) is 69.0 cm³/mol. The van der Waals surface area contributed by atoms with Crippen molar-refractivity contribution in [1.82, 2.24) is 4.90 Å². The Morgan fingerprint density at radius 3 is 2.19 bits per heavy atom. The van der Waals surface area contributed by atoms with Crippen LogP contribution in [0.4, 0.5) is 0 Å². The van der Waals surface area contributed by atoms with Crippen molar-refractivity contribution in [3.63, 3.8) is 0 Å². The molecule has 4 N–H and O–H groups in total. The fourth-order valence-electron chi connectivity index (χ4n) is 1.70. The molecule has 0 fully saturated rings. The molecule has 90 valence electrons. The van der Waals surface area contributed by atoms with Crippen LogP contribution in [0.25, 0.3) is 0 Å². The molecule has 0 radical (unpaired) electrons. The molecule has 0 atom stereocenters. The highest BCUT2D eigenvalue weighted by atomic mass is 15.1. The van der Waals surface area contributed by atoms with E-state index in [0.29, 0.717) is 6.54 Å². The van der Waals surface area contributed by atoms with Gasteiger partial charge < -0.3 is 16.4 Å². The number of hydrogen-bond acceptors (Lipinski definition) is 3. The molecule has 0 saturated carbocycles. The average Bonchev–Trinajstić information content (AvgIpc) is 2.30. The smallest absolute Gasteiger partial charge is 0.0230 e. The number of benzene rings is 1. The van der Waals surface area contributed by atoms with Crippen LogP contribution in [0, 0.1) is 0 Å². The highest BCUT2D eigenvalue weighted by molar-refractivity contribution is 5.22. The van der Waals surface area contributed by atoms with Crippen LogP contribution < -0.4 is 11.5 Å². The number of unbranched alkanes of at least 4 members (excludes halogenated alkanes) is 1. The van der Waals surface area contributed by atoms with Crippen LogP contribution in [0.15, 0.2) is 24.3 Å². The van der Waals surface area contributed by atoms with E-state index in [9.17, 15) is 0 Å². The zero-order valence-corrected chi connectivity index (χ0v) is 10.2. The topological polar surface area (TPSA) is 55.3 Å². The van der Waals surface area contributed by atoms with Crippen molar-refractivity contribution >= 4 is 0 Å². The normalized spacial score (nSPS) is 11.0. The summed E-state index contributed by atoms with van der Waals surface area (Å²) in [4.78, 5) is 2.33. The number of rotatable bonds is 7. The lowest BCUT2D eigenvalue weighted by Crippen LogP contribution is -2.19. The van der Waals surface area contributed by atoms with Crippen LogP contribution in [-0.2, 0) is 13.1 Å². The third-order valence-corrected chi connectivity index (χ3v) is 2.71. The predicted octanol–water partition coefficient (Wildman–Crippen LogP) is 1.32. The first-order valence-electron chi connectivity index (χ1n) is 5.92. The lowest BCUT2D eigenvalue weighted by atomic mass is 10.1. The van der Waals surface area contributed by atoms with Gasteiger partial charge in [-0.3, -0.25) is 0 Å². The summed E-state index contributed by atoms with van der Waals surface area (Å²) < 4.78 is 0. The quantitative estimate of drug-likeness (QED) is 0.683. The van der Waals surface area contributed by atoms with Crippen molar-refractivity contribution in [2.75, 3.05) is 20.1 Å². The average molecular weight is 221 g/mol. The second-order valence-electron chi connectivity index (χ2n) is 4.25. The highest BCUT2D eigenvalue weighted by Gasteiger charge is 1.99. The van der Waals surface area contributed by atoms with E-state index in [1.807, 2.05) is 0 Å². The molecule has 3 heteroatoms. The fraction of sp³-hybridized carbons (Fsp3) is 0.538. The Balaban J connectivity index is 2.34. The molecule has 0 bridgehead atoms. The largest absolute Gasteiger partial charge is 0.330 e. The van der Waals surface area contributed by atoms with E-state index in [4.69, 9.17) is 11.5 Å². The van der Waals surface area contributed by atoms with Crippen molar-refractivity contribution in [3.8, 4) is 0 Å². The summed E-state index contributed by atoms with van der Waals surface area (Å²) >= 11 is 0. The van der Waals surface area contributed by atoms with Gasteiger partial charge in [0.15, 0.2) is 0 Å². The van der Waals surface area contributed by atoms with Gasteiger partial charge in [0.05, 0.1) is 0 Å². The first kappa shape index (κ1) is 13.2. The van der Waals surface area contributed by atoms with Crippen LogP contribution in [-0.4, -0.2) is 25.0 Å². The summed E-state index contributed by atoms with van der Waals surface area (Å²) in [7, 11) is 2.15. The standard InChI is InChI=1S/C13H23N3/c1-16(9-3-2-8-14)11-13-6-4-12(10-15)5-7-13/h4-7H,2-3,8-11,14-15H2,1H3. The zero-order chi connectivity index (χ0) is 11.8.